The molecule has 0 saturated carbocycles. The van der Waals surface area contributed by atoms with Crippen molar-refractivity contribution in [2.75, 3.05) is 13.2 Å². The van der Waals surface area contributed by atoms with E-state index in [0.717, 1.165) is 12.1 Å². The van der Waals surface area contributed by atoms with Crippen LogP contribution < -0.4 is 0 Å². The zero-order chi connectivity index (χ0) is 26.5. The van der Waals surface area contributed by atoms with Crippen LogP contribution in [-0.2, 0) is 15.3 Å². The fourth-order valence-corrected chi connectivity index (χ4v) is 6.98. The van der Waals surface area contributed by atoms with Crippen LogP contribution in [0.3, 0.4) is 0 Å². The molecular formula is C23H6F10O2S2. The molecule has 0 bridgehead atoms. The quantitative estimate of drug-likeness (QED) is 0.140. The van der Waals surface area contributed by atoms with Gasteiger partial charge in [0.05, 0.1) is 34.1 Å². The SMILES string of the molecule is Fc1c(F)c(F)c(-c2cc3c(s2)-c2sc(-c4c(F)c(F)c(F)c(F)c4F)cc2C32OCCO2)c(F)c1F. The third-order valence-corrected chi connectivity index (χ3v) is 8.46. The van der Waals surface area contributed by atoms with Crippen LogP contribution in [0.4, 0.5) is 43.9 Å². The maximum absolute atomic E-state index is 14.5. The maximum atomic E-state index is 14.5. The van der Waals surface area contributed by atoms with E-state index in [4.69, 9.17) is 9.47 Å². The van der Waals surface area contributed by atoms with Gasteiger partial charge in [0, 0.05) is 20.9 Å². The van der Waals surface area contributed by atoms with Crippen LogP contribution in [0.25, 0.3) is 30.6 Å². The fourth-order valence-electron chi connectivity index (χ4n) is 4.37. The normalized spacial score (nSPS) is 15.6. The number of benzene rings is 2. The van der Waals surface area contributed by atoms with Crippen LogP contribution >= 0.6 is 22.7 Å². The van der Waals surface area contributed by atoms with Gasteiger partial charge in [-0.1, -0.05) is 0 Å². The van der Waals surface area contributed by atoms with Crippen molar-refractivity contribution in [1.29, 1.82) is 0 Å². The number of hydrogen-bond donors (Lipinski definition) is 0. The number of hydrogen-bond acceptors (Lipinski definition) is 4. The lowest BCUT2D eigenvalue weighted by molar-refractivity contribution is -0.126. The highest BCUT2D eigenvalue weighted by molar-refractivity contribution is 7.25. The topological polar surface area (TPSA) is 18.5 Å². The van der Waals surface area contributed by atoms with Crippen molar-refractivity contribution in [2.24, 2.45) is 0 Å². The number of rotatable bonds is 2. The first-order valence-electron chi connectivity index (χ1n) is 10.1. The van der Waals surface area contributed by atoms with Crippen molar-refractivity contribution in [2.45, 2.75) is 5.79 Å². The molecule has 2 aliphatic rings. The molecule has 0 amide bonds. The van der Waals surface area contributed by atoms with Crippen LogP contribution in [-0.4, -0.2) is 13.2 Å². The van der Waals surface area contributed by atoms with Gasteiger partial charge in [-0.05, 0) is 12.1 Å². The molecule has 1 saturated heterocycles. The lowest BCUT2D eigenvalue weighted by Gasteiger charge is -2.23. The van der Waals surface area contributed by atoms with Crippen molar-refractivity contribution < 1.29 is 53.4 Å². The van der Waals surface area contributed by atoms with Crippen LogP contribution in [0.15, 0.2) is 12.1 Å². The molecule has 0 N–H and O–H groups in total. The summed E-state index contributed by atoms with van der Waals surface area (Å²) in [5, 5.41) is 0. The lowest BCUT2D eigenvalue weighted by atomic mass is 10.0. The van der Waals surface area contributed by atoms with E-state index in [1.807, 2.05) is 0 Å². The summed E-state index contributed by atoms with van der Waals surface area (Å²) in [6.45, 7) is -0.0272. The van der Waals surface area contributed by atoms with Gasteiger partial charge in [0.1, 0.15) is 0 Å². The van der Waals surface area contributed by atoms with E-state index in [0.29, 0.717) is 22.7 Å². The smallest absolute Gasteiger partial charge is 0.225 e. The Hall–Kier alpha value is -2.94. The van der Waals surface area contributed by atoms with Crippen LogP contribution in [0.2, 0.25) is 0 Å². The van der Waals surface area contributed by atoms with Crippen molar-refractivity contribution in [3.05, 3.63) is 81.4 Å². The summed E-state index contributed by atoms with van der Waals surface area (Å²) in [4.78, 5) is -0.520. The Morgan fingerprint density at radius 1 is 0.486 bits per heavy atom. The van der Waals surface area contributed by atoms with E-state index in [-0.39, 0.29) is 34.1 Å². The Labute approximate surface area is 207 Å². The van der Waals surface area contributed by atoms with Gasteiger partial charge in [0.15, 0.2) is 46.5 Å². The maximum Gasteiger partial charge on any atom is 0.225 e. The van der Waals surface area contributed by atoms with E-state index >= 15 is 0 Å². The predicted molar refractivity (Wildman–Crippen MR) is 111 cm³/mol. The van der Waals surface area contributed by atoms with E-state index in [9.17, 15) is 43.9 Å². The molecule has 192 valence electrons. The molecule has 3 heterocycles. The van der Waals surface area contributed by atoms with E-state index in [1.54, 1.807) is 0 Å². The Morgan fingerprint density at radius 3 is 1.11 bits per heavy atom. The molecule has 2 aromatic heterocycles. The molecule has 14 heteroatoms. The molecule has 1 aliphatic carbocycles. The van der Waals surface area contributed by atoms with E-state index in [2.05, 4.69) is 0 Å². The second kappa shape index (κ2) is 8.03. The van der Waals surface area contributed by atoms with Crippen LogP contribution in [0.1, 0.15) is 11.1 Å². The summed E-state index contributed by atoms with van der Waals surface area (Å²) in [6, 6.07) is 2.21. The number of ether oxygens (including phenoxy) is 2. The van der Waals surface area contributed by atoms with Gasteiger partial charge in [-0.3, -0.25) is 0 Å². The molecule has 0 radical (unpaired) electrons. The summed E-state index contributed by atoms with van der Waals surface area (Å²) in [6.07, 6.45) is 0. The molecule has 4 aromatic rings. The second-order valence-corrected chi connectivity index (χ2v) is 10.0. The largest absolute Gasteiger partial charge is 0.340 e. The van der Waals surface area contributed by atoms with Crippen molar-refractivity contribution in [3.8, 4) is 30.6 Å². The van der Waals surface area contributed by atoms with Crippen molar-refractivity contribution in [1.82, 2.24) is 0 Å². The Bertz CT molecular complexity index is 1480. The Kier molecular flexibility index (Phi) is 5.29. The monoisotopic (exact) mass is 568 g/mol. The third-order valence-electron chi connectivity index (χ3n) is 5.99. The highest BCUT2D eigenvalue weighted by atomic mass is 32.1. The first-order chi connectivity index (χ1) is 17.5. The average molecular weight is 568 g/mol. The van der Waals surface area contributed by atoms with Gasteiger partial charge in [-0.25, -0.2) is 43.9 Å². The van der Waals surface area contributed by atoms with Crippen molar-refractivity contribution in [3.63, 3.8) is 0 Å². The highest BCUT2D eigenvalue weighted by Gasteiger charge is 2.52. The zero-order valence-electron chi connectivity index (χ0n) is 17.5. The molecule has 37 heavy (non-hydrogen) atoms. The van der Waals surface area contributed by atoms with Gasteiger partial charge in [0.25, 0.3) is 0 Å². The fraction of sp³-hybridized carbons (Fsp3) is 0.130. The minimum Gasteiger partial charge on any atom is -0.340 e. The van der Waals surface area contributed by atoms with Crippen LogP contribution in [0, 0.1) is 58.2 Å². The number of thiophene rings is 2. The average Bonchev–Trinajstić information content (AvgIpc) is 3.65. The standard InChI is InChI=1S/C23H6F10O2S2/c24-11-9(12(25)16(29)19(32)15(11)28)7-3-5-21(36-7)22-6(23(5)34-1-2-35-23)4-8(37-22)10-13(26)17(30)20(33)18(31)14(10)27/h3-4H,1-2H2. The number of halogens is 10. The van der Waals surface area contributed by atoms with Gasteiger partial charge < -0.3 is 9.47 Å². The van der Waals surface area contributed by atoms with E-state index < -0.39 is 84.8 Å². The molecule has 1 fully saturated rings. The summed E-state index contributed by atoms with van der Waals surface area (Å²) >= 11 is 1.15. The van der Waals surface area contributed by atoms with Crippen LogP contribution in [0.5, 0.6) is 0 Å². The number of fused-ring (bicyclic) bond motifs is 5. The summed E-state index contributed by atoms with van der Waals surface area (Å²) in [5.41, 5.74) is -2.16. The first kappa shape index (κ1) is 24.4. The highest BCUT2D eigenvalue weighted by Crippen LogP contribution is 2.60. The summed E-state index contributed by atoms with van der Waals surface area (Å²) in [5.74, 6) is -23.4. The molecule has 0 atom stereocenters. The zero-order valence-corrected chi connectivity index (χ0v) is 19.1. The third kappa shape index (κ3) is 3.06. The predicted octanol–water partition coefficient (Wildman–Crippen LogP) is 7.76. The van der Waals surface area contributed by atoms with Gasteiger partial charge in [-0.15, -0.1) is 22.7 Å². The molecule has 6 rings (SSSR count). The summed E-state index contributed by atoms with van der Waals surface area (Å²) in [7, 11) is 0. The van der Waals surface area contributed by atoms with Crippen molar-refractivity contribution >= 4 is 22.7 Å². The molecular weight excluding hydrogens is 562 g/mol. The first-order valence-corrected chi connectivity index (χ1v) is 11.7. The van der Waals surface area contributed by atoms with Gasteiger partial charge >= 0.3 is 0 Å². The second-order valence-electron chi connectivity index (χ2n) is 7.91. The van der Waals surface area contributed by atoms with E-state index in [1.165, 1.54) is 0 Å². The Balaban J connectivity index is 1.59. The van der Waals surface area contributed by atoms with Gasteiger partial charge in [-0.2, -0.15) is 0 Å². The minimum atomic E-state index is -2.34. The minimum absolute atomic E-state index is 0.0136. The Morgan fingerprint density at radius 2 is 0.784 bits per heavy atom. The summed E-state index contributed by atoms with van der Waals surface area (Å²) < 4.78 is 152. The molecule has 1 aliphatic heterocycles. The molecule has 2 nitrogen and oxygen atoms in total. The molecule has 1 spiro atoms. The van der Waals surface area contributed by atoms with Gasteiger partial charge in [0.2, 0.25) is 17.4 Å². The lowest BCUT2D eigenvalue weighted by Crippen LogP contribution is -2.25. The molecule has 0 unspecified atom stereocenters. The molecule has 2 aromatic carbocycles.